The standard InChI is InChI=1S/C32H46N4O7/c1-21(33-27(37)19-36-15-13-31(2,41)14-16-36)29(39)35-26(18-23-9-11-24(42-4)12-10-23)30(40)34-25(17-22-7-5-6-8-22)28(38)32(3)20-43-32/h7,9-12,21,25-26,41H,5-6,8,13-20H2,1-4H3,(H,33,37)(H,34,40)(H,35,39)/t21-,25-,26-,32+/m0/s1. The van der Waals surface area contributed by atoms with Gasteiger partial charge in [-0.2, -0.15) is 0 Å². The van der Waals surface area contributed by atoms with Gasteiger partial charge >= 0.3 is 0 Å². The Morgan fingerprint density at radius 3 is 2.23 bits per heavy atom. The van der Waals surface area contributed by atoms with E-state index in [2.05, 4.69) is 22.0 Å². The molecule has 0 saturated carbocycles. The predicted molar refractivity (Wildman–Crippen MR) is 160 cm³/mol. The molecule has 2 heterocycles. The van der Waals surface area contributed by atoms with E-state index < -0.39 is 41.1 Å². The van der Waals surface area contributed by atoms with Gasteiger partial charge in [0.2, 0.25) is 17.7 Å². The van der Waals surface area contributed by atoms with Crippen LogP contribution < -0.4 is 20.7 Å². The number of nitrogens with zero attached hydrogens (tertiary/aromatic N) is 1. The van der Waals surface area contributed by atoms with Crippen LogP contribution in [-0.4, -0.2) is 96.2 Å². The number of allylic oxidation sites excluding steroid dienone is 1. The molecular weight excluding hydrogens is 552 g/mol. The number of carbonyl (C=O) groups is 4. The van der Waals surface area contributed by atoms with Gasteiger partial charge in [-0.3, -0.25) is 24.1 Å². The maximum atomic E-state index is 13.7. The zero-order chi connectivity index (χ0) is 31.2. The lowest BCUT2D eigenvalue weighted by Gasteiger charge is -2.35. The normalized spacial score (nSPS) is 23.3. The number of hydrogen-bond acceptors (Lipinski definition) is 8. The molecule has 11 heteroatoms. The zero-order valence-electron chi connectivity index (χ0n) is 25.7. The lowest BCUT2D eigenvalue weighted by Crippen LogP contribution is -2.57. The molecule has 43 heavy (non-hydrogen) atoms. The van der Waals surface area contributed by atoms with Gasteiger partial charge < -0.3 is 30.5 Å². The Morgan fingerprint density at radius 1 is 1.00 bits per heavy atom. The van der Waals surface area contributed by atoms with Crippen molar-refractivity contribution in [1.82, 2.24) is 20.9 Å². The van der Waals surface area contributed by atoms with Crippen LogP contribution in [0.25, 0.3) is 0 Å². The summed E-state index contributed by atoms with van der Waals surface area (Å²) in [4.78, 5) is 55.0. The lowest BCUT2D eigenvalue weighted by molar-refractivity contribution is -0.134. The molecule has 0 radical (unpaired) electrons. The monoisotopic (exact) mass is 598 g/mol. The first-order chi connectivity index (χ1) is 20.4. The summed E-state index contributed by atoms with van der Waals surface area (Å²) in [7, 11) is 1.57. The van der Waals surface area contributed by atoms with Crippen molar-refractivity contribution < 1.29 is 33.8 Å². The van der Waals surface area contributed by atoms with Gasteiger partial charge in [0.25, 0.3) is 0 Å². The third-order valence-corrected chi connectivity index (χ3v) is 8.64. The van der Waals surface area contributed by atoms with Crippen molar-refractivity contribution in [3.05, 3.63) is 41.5 Å². The fourth-order valence-electron chi connectivity index (χ4n) is 5.54. The van der Waals surface area contributed by atoms with E-state index in [-0.39, 0.29) is 24.7 Å². The van der Waals surface area contributed by atoms with E-state index >= 15 is 0 Å². The van der Waals surface area contributed by atoms with Crippen LogP contribution in [-0.2, 0) is 30.3 Å². The molecule has 1 aromatic rings. The molecule has 0 bridgehead atoms. The molecule has 0 spiro atoms. The molecule has 4 rings (SSSR count). The maximum absolute atomic E-state index is 13.7. The number of likely N-dealkylation sites (tertiary alicyclic amines) is 1. The molecule has 3 aliphatic rings. The number of amides is 3. The molecule has 4 atom stereocenters. The summed E-state index contributed by atoms with van der Waals surface area (Å²) >= 11 is 0. The van der Waals surface area contributed by atoms with Crippen molar-refractivity contribution >= 4 is 23.5 Å². The number of methoxy groups -OCH3 is 1. The molecule has 1 aliphatic carbocycles. The van der Waals surface area contributed by atoms with Gasteiger partial charge in [0, 0.05) is 19.5 Å². The van der Waals surface area contributed by atoms with Crippen LogP contribution in [0.2, 0.25) is 0 Å². The average Bonchev–Trinajstić information content (AvgIpc) is 3.51. The van der Waals surface area contributed by atoms with Crippen LogP contribution in [0.15, 0.2) is 35.9 Å². The molecule has 2 aliphatic heterocycles. The summed E-state index contributed by atoms with van der Waals surface area (Å²) in [5.74, 6) is -0.820. The highest BCUT2D eigenvalue weighted by Gasteiger charge is 2.50. The number of nitrogens with one attached hydrogen (secondary N) is 3. The van der Waals surface area contributed by atoms with Crippen molar-refractivity contribution in [3.63, 3.8) is 0 Å². The second-order valence-electron chi connectivity index (χ2n) is 12.6. The Morgan fingerprint density at radius 2 is 1.65 bits per heavy atom. The van der Waals surface area contributed by atoms with Gasteiger partial charge in [0.05, 0.1) is 31.9 Å². The van der Waals surface area contributed by atoms with Crippen molar-refractivity contribution in [2.24, 2.45) is 0 Å². The summed E-state index contributed by atoms with van der Waals surface area (Å²) in [6.45, 7) is 6.70. The van der Waals surface area contributed by atoms with E-state index in [0.29, 0.717) is 44.7 Å². The minimum atomic E-state index is -0.995. The number of ketones is 1. The average molecular weight is 599 g/mol. The summed E-state index contributed by atoms with van der Waals surface area (Å²) in [5.41, 5.74) is 0.292. The second-order valence-corrected chi connectivity index (χ2v) is 12.6. The van der Waals surface area contributed by atoms with Gasteiger partial charge in [-0.05, 0) is 77.0 Å². The number of epoxide rings is 1. The van der Waals surface area contributed by atoms with Crippen molar-refractivity contribution in [3.8, 4) is 5.75 Å². The van der Waals surface area contributed by atoms with Crippen LogP contribution >= 0.6 is 0 Å². The lowest BCUT2D eigenvalue weighted by atomic mass is 9.94. The minimum absolute atomic E-state index is 0.115. The number of aliphatic hydroxyl groups is 1. The van der Waals surface area contributed by atoms with Gasteiger partial charge in [0.15, 0.2) is 5.78 Å². The topological polar surface area (TPSA) is 150 Å². The first kappa shape index (κ1) is 32.6. The molecular formula is C32H46N4O7. The van der Waals surface area contributed by atoms with Crippen LogP contribution in [0.1, 0.15) is 64.9 Å². The van der Waals surface area contributed by atoms with E-state index in [9.17, 15) is 24.3 Å². The van der Waals surface area contributed by atoms with Crippen molar-refractivity contribution in [2.45, 2.75) is 95.0 Å². The molecule has 3 amide bonds. The number of carbonyl (C=O) groups excluding carboxylic acids is 4. The second kappa shape index (κ2) is 14.0. The van der Waals surface area contributed by atoms with Crippen molar-refractivity contribution in [2.75, 3.05) is 33.4 Å². The number of piperidine rings is 1. The SMILES string of the molecule is COc1ccc(C[C@H](NC(=O)[C@H](C)NC(=O)CN2CCC(C)(O)CC2)C(=O)N[C@@H](CC2=CCCC2)C(=O)[C@@]2(C)CO2)cc1. The summed E-state index contributed by atoms with van der Waals surface area (Å²) in [6.07, 6.45) is 6.72. The van der Waals surface area contributed by atoms with Crippen LogP contribution in [0.5, 0.6) is 5.75 Å². The molecule has 2 saturated heterocycles. The number of hydrogen-bond donors (Lipinski definition) is 4. The third kappa shape index (κ3) is 9.35. The Labute approximate surface area is 253 Å². The Hall–Kier alpha value is -3.28. The first-order valence-corrected chi connectivity index (χ1v) is 15.2. The Bertz CT molecular complexity index is 1200. The molecule has 236 valence electrons. The van der Waals surface area contributed by atoms with E-state index in [1.54, 1.807) is 40.0 Å². The number of benzene rings is 1. The van der Waals surface area contributed by atoms with Gasteiger partial charge in [-0.1, -0.05) is 23.8 Å². The Balaban J connectivity index is 1.42. The van der Waals surface area contributed by atoms with Gasteiger partial charge in [-0.25, -0.2) is 0 Å². The smallest absolute Gasteiger partial charge is 0.243 e. The Kier molecular flexibility index (Phi) is 10.6. The molecule has 1 aromatic carbocycles. The van der Waals surface area contributed by atoms with Crippen LogP contribution in [0.4, 0.5) is 0 Å². The van der Waals surface area contributed by atoms with E-state index in [1.165, 1.54) is 0 Å². The van der Waals surface area contributed by atoms with Gasteiger partial charge in [0.1, 0.15) is 23.4 Å². The highest BCUT2D eigenvalue weighted by Crippen LogP contribution is 2.31. The van der Waals surface area contributed by atoms with Crippen LogP contribution in [0, 0.1) is 0 Å². The van der Waals surface area contributed by atoms with Crippen LogP contribution in [0.3, 0.4) is 0 Å². The number of Topliss-reactive ketones (excluding diaryl/α,β-unsaturated/α-hetero) is 1. The van der Waals surface area contributed by atoms with E-state index in [0.717, 1.165) is 30.4 Å². The molecule has 0 aromatic heterocycles. The van der Waals surface area contributed by atoms with Crippen molar-refractivity contribution in [1.29, 1.82) is 0 Å². The third-order valence-electron chi connectivity index (χ3n) is 8.64. The summed E-state index contributed by atoms with van der Waals surface area (Å²) in [5, 5.41) is 18.6. The molecule has 11 nitrogen and oxygen atoms in total. The minimum Gasteiger partial charge on any atom is -0.497 e. The molecule has 4 N–H and O–H groups in total. The maximum Gasteiger partial charge on any atom is 0.243 e. The highest BCUT2D eigenvalue weighted by molar-refractivity contribution is 5.98. The number of ether oxygens (including phenoxy) is 2. The summed E-state index contributed by atoms with van der Waals surface area (Å²) in [6, 6.07) is 4.52. The molecule has 2 fully saturated rings. The first-order valence-electron chi connectivity index (χ1n) is 15.2. The van der Waals surface area contributed by atoms with E-state index in [1.807, 2.05) is 17.0 Å². The largest absolute Gasteiger partial charge is 0.497 e. The van der Waals surface area contributed by atoms with E-state index in [4.69, 9.17) is 9.47 Å². The summed E-state index contributed by atoms with van der Waals surface area (Å²) < 4.78 is 10.6. The quantitative estimate of drug-likeness (QED) is 0.186. The van der Waals surface area contributed by atoms with Gasteiger partial charge in [-0.15, -0.1) is 0 Å². The fraction of sp³-hybridized carbons (Fsp3) is 0.625. The predicted octanol–water partition coefficient (Wildman–Crippen LogP) is 1.42. The highest BCUT2D eigenvalue weighted by atomic mass is 16.6. The zero-order valence-corrected chi connectivity index (χ0v) is 25.7. The number of rotatable bonds is 14. The molecule has 0 unspecified atom stereocenters. The fourth-order valence-corrected chi connectivity index (χ4v) is 5.54.